The summed E-state index contributed by atoms with van der Waals surface area (Å²) in [6.07, 6.45) is 0. The van der Waals surface area contributed by atoms with Crippen LogP contribution in [0.1, 0.15) is 20.7 Å². The number of rotatable bonds is 4. The highest BCUT2D eigenvalue weighted by Crippen LogP contribution is 2.21. The standard InChI is InChI=1S/C17H14ClN3O3/c18-11-5-7-12(8-6-11)20-17(24)19-9-10-21-15(22)13-3-1-2-4-14(13)16(21)23/h1-8H,9-10H2,(H2,19,20,24). The number of anilines is 1. The summed E-state index contributed by atoms with van der Waals surface area (Å²) < 4.78 is 0. The van der Waals surface area contributed by atoms with Gasteiger partial charge in [0.25, 0.3) is 11.8 Å². The lowest BCUT2D eigenvalue weighted by molar-refractivity contribution is 0.0656. The molecule has 2 aromatic rings. The van der Waals surface area contributed by atoms with E-state index < -0.39 is 6.03 Å². The molecule has 1 aliphatic heterocycles. The third kappa shape index (κ3) is 3.23. The summed E-state index contributed by atoms with van der Waals surface area (Å²) in [6, 6.07) is 12.9. The fraction of sp³-hybridized carbons (Fsp3) is 0.118. The summed E-state index contributed by atoms with van der Waals surface area (Å²) in [7, 11) is 0. The van der Waals surface area contributed by atoms with Crippen LogP contribution in [0.25, 0.3) is 0 Å². The van der Waals surface area contributed by atoms with E-state index in [1.54, 1.807) is 48.5 Å². The van der Waals surface area contributed by atoms with Crippen LogP contribution in [-0.4, -0.2) is 35.8 Å². The summed E-state index contributed by atoms with van der Waals surface area (Å²) in [4.78, 5) is 37.3. The number of hydrogen-bond acceptors (Lipinski definition) is 3. The van der Waals surface area contributed by atoms with Crippen LogP contribution in [0, 0.1) is 0 Å². The number of fused-ring (bicyclic) bond motifs is 1. The van der Waals surface area contributed by atoms with Gasteiger partial charge in [0, 0.05) is 23.8 Å². The summed E-state index contributed by atoms with van der Waals surface area (Å²) in [6.45, 7) is 0.269. The maximum Gasteiger partial charge on any atom is 0.319 e. The molecule has 1 heterocycles. The van der Waals surface area contributed by atoms with Crippen LogP contribution >= 0.6 is 11.6 Å². The number of nitrogens with one attached hydrogen (secondary N) is 2. The molecule has 1 aliphatic rings. The zero-order valence-electron chi connectivity index (χ0n) is 12.6. The van der Waals surface area contributed by atoms with Gasteiger partial charge in [-0.15, -0.1) is 0 Å². The quantitative estimate of drug-likeness (QED) is 0.838. The van der Waals surface area contributed by atoms with E-state index in [4.69, 9.17) is 11.6 Å². The van der Waals surface area contributed by atoms with Crippen LogP contribution < -0.4 is 10.6 Å². The summed E-state index contributed by atoms with van der Waals surface area (Å²) in [5.41, 5.74) is 1.39. The van der Waals surface area contributed by atoms with Crippen LogP contribution in [0.5, 0.6) is 0 Å². The third-order valence-corrected chi connectivity index (χ3v) is 3.85. The normalized spacial score (nSPS) is 13.0. The minimum absolute atomic E-state index is 0.111. The van der Waals surface area contributed by atoms with Gasteiger partial charge in [-0.2, -0.15) is 0 Å². The summed E-state index contributed by atoms with van der Waals surface area (Å²) >= 11 is 5.77. The molecule has 2 N–H and O–H groups in total. The number of amides is 4. The highest BCUT2D eigenvalue weighted by Gasteiger charge is 2.34. The van der Waals surface area contributed by atoms with Crippen molar-refractivity contribution >= 4 is 35.1 Å². The Labute approximate surface area is 143 Å². The van der Waals surface area contributed by atoms with Gasteiger partial charge in [0.1, 0.15) is 0 Å². The molecule has 0 radical (unpaired) electrons. The molecule has 0 spiro atoms. The SMILES string of the molecule is O=C(NCCN1C(=O)c2ccccc2C1=O)Nc1ccc(Cl)cc1. The predicted molar refractivity (Wildman–Crippen MR) is 90.3 cm³/mol. The van der Waals surface area contributed by atoms with Crippen molar-refractivity contribution in [2.45, 2.75) is 0 Å². The van der Waals surface area contributed by atoms with Crippen molar-refractivity contribution in [1.29, 1.82) is 0 Å². The molecule has 0 unspecified atom stereocenters. The number of urea groups is 1. The number of halogens is 1. The highest BCUT2D eigenvalue weighted by molar-refractivity contribution is 6.30. The number of carbonyl (C=O) groups excluding carboxylic acids is 3. The molecule has 0 saturated heterocycles. The van der Waals surface area contributed by atoms with Gasteiger partial charge in [0.15, 0.2) is 0 Å². The smallest absolute Gasteiger partial charge is 0.319 e. The number of benzene rings is 2. The summed E-state index contributed by atoms with van der Waals surface area (Å²) in [5, 5.41) is 5.82. The molecule has 0 aliphatic carbocycles. The Balaban J connectivity index is 1.52. The molecule has 2 aromatic carbocycles. The Kier molecular flexibility index (Phi) is 4.48. The van der Waals surface area contributed by atoms with Crippen LogP contribution in [0.3, 0.4) is 0 Å². The second kappa shape index (κ2) is 6.72. The molecule has 3 rings (SSSR count). The lowest BCUT2D eigenvalue weighted by Gasteiger charge is -2.14. The number of imide groups is 1. The van der Waals surface area contributed by atoms with Gasteiger partial charge in [-0.05, 0) is 36.4 Å². The van der Waals surface area contributed by atoms with Crippen LogP contribution in [-0.2, 0) is 0 Å². The molecular formula is C17H14ClN3O3. The van der Waals surface area contributed by atoms with E-state index >= 15 is 0 Å². The zero-order chi connectivity index (χ0) is 17.1. The van der Waals surface area contributed by atoms with Crippen molar-refractivity contribution in [2.75, 3.05) is 18.4 Å². The number of hydrogen-bond donors (Lipinski definition) is 2. The number of nitrogens with zero attached hydrogens (tertiary/aromatic N) is 1. The molecule has 24 heavy (non-hydrogen) atoms. The van der Waals surface area contributed by atoms with E-state index in [0.29, 0.717) is 21.8 Å². The van der Waals surface area contributed by atoms with Gasteiger partial charge in [0.2, 0.25) is 0 Å². The first kappa shape index (κ1) is 16.0. The molecule has 0 aromatic heterocycles. The fourth-order valence-electron chi connectivity index (χ4n) is 2.43. The van der Waals surface area contributed by atoms with Crippen LogP contribution in [0.2, 0.25) is 5.02 Å². The van der Waals surface area contributed by atoms with Crippen molar-refractivity contribution in [3.63, 3.8) is 0 Å². The molecule has 7 heteroatoms. The Hall–Kier alpha value is -2.86. The second-order valence-corrected chi connectivity index (χ2v) is 5.63. The van der Waals surface area contributed by atoms with E-state index in [1.807, 2.05) is 0 Å². The Morgan fingerprint density at radius 3 is 2.12 bits per heavy atom. The highest BCUT2D eigenvalue weighted by atomic mass is 35.5. The lowest BCUT2D eigenvalue weighted by Crippen LogP contribution is -2.39. The second-order valence-electron chi connectivity index (χ2n) is 5.20. The minimum Gasteiger partial charge on any atom is -0.336 e. The van der Waals surface area contributed by atoms with Crippen molar-refractivity contribution < 1.29 is 14.4 Å². The average molecular weight is 344 g/mol. The molecule has 122 valence electrons. The van der Waals surface area contributed by atoms with Gasteiger partial charge < -0.3 is 10.6 Å². The van der Waals surface area contributed by atoms with E-state index in [1.165, 1.54) is 0 Å². The molecule has 0 atom stereocenters. The average Bonchev–Trinajstić information content (AvgIpc) is 2.82. The van der Waals surface area contributed by atoms with Crippen molar-refractivity contribution in [3.8, 4) is 0 Å². The van der Waals surface area contributed by atoms with Crippen molar-refractivity contribution in [3.05, 3.63) is 64.7 Å². The molecule has 6 nitrogen and oxygen atoms in total. The third-order valence-electron chi connectivity index (χ3n) is 3.60. The molecule has 0 fully saturated rings. The minimum atomic E-state index is -0.422. The van der Waals surface area contributed by atoms with Gasteiger partial charge in [0.05, 0.1) is 11.1 Å². The largest absolute Gasteiger partial charge is 0.336 e. The van der Waals surface area contributed by atoms with Gasteiger partial charge in [-0.3, -0.25) is 14.5 Å². The van der Waals surface area contributed by atoms with Gasteiger partial charge in [-0.1, -0.05) is 23.7 Å². The maximum absolute atomic E-state index is 12.2. The van der Waals surface area contributed by atoms with E-state index in [2.05, 4.69) is 10.6 Å². The molecule has 4 amide bonds. The van der Waals surface area contributed by atoms with E-state index in [0.717, 1.165) is 4.90 Å². The fourth-order valence-corrected chi connectivity index (χ4v) is 2.56. The first-order valence-electron chi connectivity index (χ1n) is 7.32. The predicted octanol–water partition coefficient (Wildman–Crippen LogP) is 2.76. The van der Waals surface area contributed by atoms with Crippen LogP contribution in [0.15, 0.2) is 48.5 Å². The van der Waals surface area contributed by atoms with Gasteiger partial charge in [-0.25, -0.2) is 4.79 Å². The Morgan fingerprint density at radius 1 is 0.958 bits per heavy atom. The van der Waals surface area contributed by atoms with Gasteiger partial charge >= 0.3 is 6.03 Å². The number of carbonyl (C=O) groups is 3. The lowest BCUT2D eigenvalue weighted by atomic mass is 10.1. The molecule has 0 saturated carbocycles. The van der Waals surface area contributed by atoms with Crippen LogP contribution in [0.4, 0.5) is 10.5 Å². The first-order valence-corrected chi connectivity index (χ1v) is 7.70. The summed E-state index contributed by atoms with van der Waals surface area (Å²) in [5.74, 6) is -0.675. The first-order chi connectivity index (χ1) is 11.6. The zero-order valence-corrected chi connectivity index (χ0v) is 13.3. The van der Waals surface area contributed by atoms with E-state index in [9.17, 15) is 14.4 Å². The Bertz CT molecular complexity index is 770. The molecular weight excluding hydrogens is 330 g/mol. The van der Waals surface area contributed by atoms with E-state index in [-0.39, 0.29) is 24.9 Å². The monoisotopic (exact) mass is 343 g/mol. The molecule has 0 bridgehead atoms. The maximum atomic E-state index is 12.2. The van der Waals surface area contributed by atoms with Crippen molar-refractivity contribution in [1.82, 2.24) is 10.2 Å². The topological polar surface area (TPSA) is 78.5 Å². The van der Waals surface area contributed by atoms with Crippen molar-refractivity contribution in [2.24, 2.45) is 0 Å². The Morgan fingerprint density at radius 2 is 1.54 bits per heavy atom.